The molecule has 3 amide bonds. The van der Waals surface area contributed by atoms with Crippen LogP contribution in [-0.2, 0) is 23.9 Å². The highest BCUT2D eigenvalue weighted by atomic mass is 16.5. The average Bonchev–Trinajstić information content (AvgIpc) is 3.19. The van der Waals surface area contributed by atoms with Crippen LogP contribution < -0.4 is 25.0 Å². The molecule has 2 aromatic carbocycles. The minimum absolute atomic E-state index is 0.0363. The minimum atomic E-state index is -0.710. The molecule has 1 aliphatic heterocycles. The van der Waals surface area contributed by atoms with Crippen molar-refractivity contribution in [2.45, 2.75) is 13.3 Å². The number of nitrogens with zero attached hydrogens (tertiary/aromatic N) is 1. The van der Waals surface area contributed by atoms with Crippen molar-refractivity contribution in [3.8, 4) is 11.5 Å². The van der Waals surface area contributed by atoms with Crippen molar-refractivity contribution in [3.63, 3.8) is 0 Å². The lowest BCUT2D eigenvalue weighted by Gasteiger charge is -2.20. The van der Waals surface area contributed by atoms with E-state index in [2.05, 4.69) is 10.6 Å². The van der Waals surface area contributed by atoms with Crippen molar-refractivity contribution in [2.75, 3.05) is 42.9 Å². The topological polar surface area (TPSA) is 123 Å². The van der Waals surface area contributed by atoms with E-state index in [9.17, 15) is 19.2 Å². The molecule has 0 aliphatic carbocycles. The lowest BCUT2D eigenvalue weighted by Crippen LogP contribution is -2.28. The largest absolute Gasteiger partial charge is 0.497 e. The molecule has 2 N–H and O–H groups in total. The van der Waals surface area contributed by atoms with Gasteiger partial charge in [-0.2, -0.15) is 0 Å². The van der Waals surface area contributed by atoms with Crippen molar-refractivity contribution >= 4 is 40.8 Å². The number of ether oxygens (including phenoxy) is 3. The van der Waals surface area contributed by atoms with Gasteiger partial charge in [0.1, 0.15) is 11.5 Å². The quantitative estimate of drug-likeness (QED) is 0.585. The van der Waals surface area contributed by atoms with Crippen molar-refractivity contribution in [1.29, 1.82) is 0 Å². The van der Waals surface area contributed by atoms with Crippen LogP contribution >= 0.6 is 0 Å². The summed E-state index contributed by atoms with van der Waals surface area (Å²) in [5.74, 6) is -1.30. The number of hydrogen-bond donors (Lipinski definition) is 2. The molecular weight excluding hydrogens is 430 g/mol. The molecule has 0 spiro atoms. The first kappa shape index (κ1) is 23.6. The smallest absolute Gasteiger partial charge is 0.311 e. The monoisotopic (exact) mass is 455 g/mol. The van der Waals surface area contributed by atoms with Gasteiger partial charge >= 0.3 is 5.97 Å². The minimum Gasteiger partial charge on any atom is -0.497 e. The van der Waals surface area contributed by atoms with Crippen molar-refractivity contribution < 1.29 is 33.4 Å². The van der Waals surface area contributed by atoms with Crippen LogP contribution in [0.15, 0.2) is 42.5 Å². The Morgan fingerprint density at radius 2 is 1.67 bits per heavy atom. The number of methoxy groups -OCH3 is 2. The third-order valence-electron chi connectivity index (χ3n) is 4.97. The number of benzene rings is 2. The van der Waals surface area contributed by atoms with Gasteiger partial charge in [-0.1, -0.05) is 0 Å². The SMILES string of the molecule is COc1ccc(OC)c(N2C[C@H](C(=O)OCC(=O)Nc3ccc(NC(C)=O)cc3)CC2=O)c1. The van der Waals surface area contributed by atoms with Gasteiger partial charge in [0.05, 0.1) is 25.8 Å². The molecule has 0 saturated carbocycles. The van der Waals surface area contributed by atoms with Gasteiger partial charge in [-0.25, -0.2) is 0 Å². The molecule has 10 heteroatoms. The van der Waals surface area contributed by atoms with Gasteiger partial charge < -0.3 is 29.7 Å². The molecule has 0 aromatic heterocycles. The summed E-state index contributed by atoms with van der Waals surface area (Å²) in [4.78, 5) is 49.7. The van der Waals surface area contributed by atoms with E-state index in [1.165, 1.54) is 26.0 Å². The van der Waals surface area contributed by atoms with Gasteiger partial charge in [0.2, 0.25) is 11.8 Å². The fraction of sp³-hybridized carbons (Fsp3) is 0.304. The first-order chi connectivity index (χ1) is 15.8. The van der Waals surface area contributed by atoms with Gasteiger partial charge in [0.15, 0.2) is 6.61 Å². The Morgan fingerprint density at radius 3 is 2.27 bits per heavy atom. The summed E-state index contributed by atoms with van der Waals surface area (Å²) in [6.45, 7) is 1.02. The molecule has 3 rings (SSSR count). The summed E-state index contributed by atoms with van der Waals surface area (Å²) >= 11 is 0. The Bertz CT molecular complexity index is 1050. The zero-order chi connectivity index (χ0) is 24.0. The van der Waals surface area contributed by atoms with Crippen LogP contribution in [0.5, 0.6) is 11.5 Å². The number of amides is 3. The number of carbonyl (C=O) groups is 4. The Morgan fingerprint density at radius 1 is 1.00 bits per heavy atom. The number of anilines is 3. The van der Waals surface area contributed by atoms with Gasteiger partial charge in [-0.15, -0.1) is 0 Å². The summed E-state index contributed by atoms with van der Waals surface area (Å²) in [5.41, 5.74) is 1.57. The fourth-order valence-corrected chi connectivity index (χ4v) is 3.40. The van der Waals surface area contributed by atoms with E-state index in [0.29, 0.717) is 28.6 Å². The highest BCUT2D eigenvalue weighted by molar-refractivity contribution is 6.01. The lowest BCUT2D eigenvalue weighted by molar-refractivity contribution is -0.151. The molecule has 174 valence electrons. The third kappa shape index (κ3) is 6.00. The Kier molecular flexibility index (Phi) is 7.50. The van der Waals surface area contributed by atoms with Crippen LogP contribution in [0.2, 0.25) is 0 Å². The molecule has 1 aliphatic rings. The van der Waals surface area contributed by atoms with Gasteiger partial charge in [-0.3, -0.25) is 19.2 Å². The van der Waals surface area contributed by atoms with Crippen LogP contribution in [0.25, 0.3) is 0 Å². The molecule has 1 atom stereocenters. The van der Waals surface area contributed by atoms with Gasteiger partial charge in [0, 0.05) is 37.3 Å². The summed E-state index contributed by atoms with van der Waals surface area (Å²) in [6, 6.07) is 11.5. The summed E-state index contributed by atoms with van der Waals surface area (Å²) < 4.78 is 15.7. The molecule has 1 heterocycles. The summed E-state index contributed by atoms with van der Waals surface area (Å²) in [6.07, 6.45) is -0.0363. The summed E-state index contributed by atoms with van der Waals surface area (Å²) in [7, 11) is 3.00. The molecule has 33 heavy (non-hydrogen) atoms. The second-order valence-electron chi connectivity index (χ2n) is 7.36. The predicted molar refractivity (Wildman–Crippen MR) is 120 cm³/mol. The molecule has 10 nitrogen and oxygen atoms in total. The Balaban J connectivity index is 1.54. The normalized spacial score (nSPS) is 15.1. The van der Waals surface area contributed by atoms with Crippen molar-refractivity contribution in [1.82, 2.24) is 0 Å². The molecule has 0 radical (unpaired) electrons. The molecule has 0 unspecified atom stereocenters. The zero-order valence-electron chi connectivity index (χ0n) is 18.5. The first-order valence-electron chi connectivity index (χ1n) is 10.2. The van der Waals surface area contributed by atoms with Crippen molar-refractivity contribution in [2.24, 2.45) is 5.92 Å². The predicted octanol–water partition coefficient (Wildman–Crippen LogP) is 2.20. The fourth-order valence-electron chi connectivity index (χ4n) is 3.40. The number of rotatable bonds is 8. The zero-order valence-corrected chi connectivity index (χ0v) is 18.5. The third-order valence-corrected chi connectivity index (χ3v) is 4.97. The maximum atomic E-state index is 12.5. The highest BCUT2D eigenvalue weighted by Crippen LogP contribution is 2.36. The second kappa shape index (κ2) is 10.5. The van der Waals surface area contributed by atoms with Crippen molar-refractivity contribution in [3.05, 3.63) is 42.5 Å². The molecule has 0 bridgehead atoms. The van der Waals surface area contributed by atoms with Crippen LogP contribution in [0, 0.1) is 5.92 Å². The molecular formula is C23H25N3O7. The number of nitrogens with one attached hydrogen (secondary N) is 2. The van der Waals surface area contributed by atoms with Crippen LogP contribution in [0.1, 0.15) is 13.3 Å². The number of hydrogen-bond acceptors (Lipinski definition) is 7. The molecule has 2 aromatic rings. The Hall–Kier alpha value is -4.08. The number of carbonyl (C=O) groups excluding carboxylic acids is 4. The highest BCUT2D eigenvalue weighted by Gasteiger charge is 2.37. The maximum Gasteiger partial charge on any atom is 0.311 e. The van der Waals surface area contributed by atoms with Crippen LogP contribution in [0.4, 0.5) is 17.1 Å². The summed E-state index contributed by atoms with van der Waals surface area (Å²) in [5, 5.41) is 5.22. The van der Waals surface area contributed by atoms with E-state index < -0.39 is 24.4 Å². The van der Waals surface area contributed by atoms with E-state index >= 15 is 0 Å². The number of esters is 1. The Labute approximate surface area is 190 Å². The first-order valence-corrected chi connectivity index (χ1v) is 10.2. The van der Waals surface area contributed by atoms with Gasteiger partial charge in [-0.05, 0) is 36.4 Å². The van der Waals surface area contributed by atoms with Crippen LogP contribution in [-0.4, -0.2) is 51.1 Å². The standard InChI is InChI=1S/C23H25N3O7/c1-14(27)24-16-4-6-17(7-5-16)25-21(28)13-33-23(30)15-10-22(29)26(12-15)19-11-18(31-2)8-9-20(19)32-3/h4-9,11,15H,10,12-13H2,1-3H3,(H,24,27)(H,25,28)/t15-/m1/s1. The van der Waals surface area contributed by atoms with E-state index in [-0.39, 0.29) is 24.8 Å². The lowest BCUT2D eigenvalue weighted by atomic mass is 10.1. The second-order valence-corrected chi connectivity index (χ2v) is 7.36. The van der Waals surface area contributed by atoms with E-state index in [1.807, 2.05) is 0 Å². The maximum absolute atomic E-state index is 12.5. The molecule has 1 saturated heterocycles. The van der Waals surface area contributed by atoms with E-state index in [4.69, 9.17) is 14.2 Å². The van der Waals surface area contributed by atoms with E-state index in [1.54, 1.807) is 42.5 Å². The van der Waals surface area contributed by atoms with Crippen LogP contribution in [0.3, 0.4) is 0 Å². The average molecular weight is 455 g/mol. The molecule has 1 fully saturated rings. The van der Waals surface area contributed by atoms with E-state index in [0.717, 1.165) is 0 Å². The van der Waals surface area contributed by atoms with Gasteiger partial charge in [0.25, 0.3) is 5.91 Å².